The van der Waals surface area contributed by atoms with E-state index in [-0.39, 0.29) is 27.8 Å². The molecule has 2 N–H and O–H groups in total. The van der Waals surface area contributed by atoms with Gasteiger partial charge < -0.3 is 15.4 Å². The van der Waals surface area contributed by atoms with Gasteiger partial charge in [0.25, 0.3) is 5.91 Å². The first-order valence-corrected chi connectivity index (χ1v) is 10.3. The molecule has 0 aliphatic carbocycles. The number of nitrogens with zero attached hydrogens (tertiary/aromatic N) is 1. The number of nitrogens with one attached hydrogen (secondary N) is 2. The molecule has 2 rings (SSSR count). The van der Waals surface area contributed by atoms with Crippen molar-refractivity contribution < 1.29 is 27.5 Å². The Hall–Kier alpha value is -2.77. The van der Waals surface area contributed by atoms with Crippen LogP contribution in [0.3, 0.4) is 0 Å². The molecule has 0 spiro atoms. The first-order valence-electron chi connectivity index (χ1n) is 9.13. The van der Waals surface area contributed by atoms with Gasteiger partial charge in [0.2, 0.25) is 0 Å². The predicted octanol–water partition coefficient (Wildman–Crippen LogP) is 4.81. The lowest BCUT2D eigenvalue weighted by Crippen LogP contribution is -2.69. The molecule has 0 bridgehead atoms. The Balaban J connectivity index is 2.65. The highest BCUT2D eigenvalue weighted by atomic mass is 35.5. The molecule has 1 atom stereocenters. The topological polar surface area (TPSA) is 91.2 Å². The second-order valence-electron chi connectivity index (χ2n) is 6.33. The Morgan fingerprint density at radius 1 is 1.26 bits per heavy atom. The number of hydrogen-bond donors (Lipinski definition) is 2. The smallest absolute Gasteiger partial charge is 0.441 e. The van der Waals surface area contributed by atoms with Gasteiger partial charge in [0, 0.05) is 4.88 Å². The Morgan fingerprint density at radius 3 is 2.42 bits per heavy atom. The second-order valence-corrected chi connectivity index (χ2v) is 7.97. The van der Waals surface area contributed by atoms with Gasteiger partial charge in [-0.3, -0.25) is 4.79 Å². The first-order chi connectivity index (χ1) is 14.5. The number of thiophene rings is 1. The Kier molecular flexibility index (Phi) is 7.57. The molecule has 11 heteroatoms. The minimum Gasteiger partial charge on any atom is -0.463 e. The lowest BCUT2D eigenvalue weighted by atomic mass is 10.1. The number of anilines is 1. The molecular formula is C20H19ClF3N3O3S. The monoisotopic (exact) mass is 473 g/mol. The van der Waals surface area contributed by atoms with Crippen LogP contribution in [-0.4, -0.2) is 30.3 Å². The fourth-order valence-corrected chi connectivity index (χ4v) is 4.27. The first kappa shape index (κ1) is 24.5. The molecule has 0 radical (unpaired) electrons. The van der Waals surface area contributed by atoms with Gasteiger partial charge >= 0.3 is 17.8 Å². The fraction of sp³-hybridized carbons (Fsp3) is 0.350. The second kappa shape index (κ2) is 9.58. The number of aryl methyl sites for hydroxylation is 1. The number of carbonyl (C=O) groups is 2. The largest absolute Gasteiger partial charge is 0.463 e. The van der Waals surface area contributed by atoms with E-state index in [2.05, 4.69) is 10.1 Å². The molecule has 166 valence electrons. The van der Waals surface area contributed by atoms with Crippen LogP contribution < -0.4 is 10.6 Å². The minimum absolute atomic E-state index is 0.0325. The molecule has 1 aromatic carbocycles. The van der Waals surface area contributed by atoms with Crippen molar-refractivity contribution in [2.24, 2.45) is 0 Å². The number of carbonyl (C=O) groups excluding carboxylic acids is 2. The van der Waals surface area contributed by atoms with E-state index in [4.69, 9.17) is 11.6 Å². The lowest BCUT2D eigenvalue weighted by molar-refractivity contribution is -0.204. The third-order valence-corrected chi connectivity index (χ3v) is 5.79. The molecule has 2 aromatic rings. The van der Waals surface area contributed by atoms with Gasteiger partial charge in [0.15, 0.2) is 0 Å². The van der Waals surface area contributed by atoms with Crippen LogP contribution in [-0.2, 0) is 16.0 Å². The van der Waals surface area contributed by atoms with E-state index in [1.807, 2.05) is 6.07 Å². The molecule has 0 aliphatic rings. The average Bonchev–Trinajstić information content (AvgIpc) is 3.00. The maximum absolute atomic E-state index is 14.3. The van der Waals surface area contributed by atoms with Crippen LogP contribution in [0.1, 0.15) is 40.2 Å². The zero-order chi connectivity index (χ0) is 23.4. The number of halogens is 4. The van der Waals surface area contributed by atoms with Gasteiger partial charge in [-0.1, -0.05) is 30.7 Å². The summed E-state index contributed by atoms with van der Waals surface area (Å²) in [4.78, 5) is 25.9. The van der Waals surface area contributed by atoms with E-state index in [0.29, 0.717) is 16.9 Å². The number of nitriles is 1. The summed E-state index contributed by atoms with van der Waals surface area (Å²) in [6.07, 6.45) is -4.93. The summed E-state index contributed by atoms with van der Waals surface area (Å²) < 4.78 is 47.7. The molecule has 0 fully saturated rings. The maximum atomic E-state index is 14.3. The van der Waals surface area contributed by atoms with Crippen molar-refractivity contribution in [2.45, 2.75) is 39.0 Å². The summed E-state index contributed by atoms with van der Waals surface area (Å²) >= 11 is 6.81. The van der Waals surface area contributed by atoms with Crippen LogP contribution in [0.4, 0.5) is 18.2 Å². The average molecular weight is 474 g/mol. The van der Waals surface area contributed by atoms with Crippen LogP contribution in [0.15, 0.2) is 24.3 Å². The summed E-state index contributed by atoms with van der Waals surface area (Å²) in [7, 11) is 0. The molecule has 1 aromatic heterocycles. The van der Waals surface area contributed by atoms with Crippen molar-refractivity contribution in [2.75, 3.05) is 11.9 Å². The number of hydrogen-bond acceptors (Lipinski definition) is 6. The van der Waals surface area contributed by atoms with E-state index in [1.54, 1.807) is 19.2 Å². The summed E-state index contributed by atoms with van der Waals surface area (Å²) in [6.45, 7) is 4.37. The zero-order valence-electron chi connectivity index (χ0n) is 16.8. The third-order valence-electron chi connectivity index (χ3n) is 4.40. The van der Waals surface area contributed by atoms with E-state index in [9.17, 15) is 28.0 Å². The van der Waals surface area contributed by atoms with E-state index in [1.165, 1.54) is 31.2 Å². The summed E-state index contributed by atoms with van der Waals surface area (Å²) in [6, 6.07) is 7.33. The SMILES string of the molecule is CCOC(=O)[C@@](NC(=O)c1ccccc1Cl)(Nc1sc(C)c(CC)c1C#N)C(F)(F)F. The van der Waals surface area contributed by atoms with Gasteiger partial charge in [-0.05, 0) is 38.0 Å². The van der Waals surface area contributed by atoms with Gasteiger partial charge in [0.05, 0.1) is 22.8 Å². The van der Waals surface area contributed by atoms with Gasteiger partial charge in [-0.25, -0.2) is 4.79 Å². The summed E-state index contributed by atoms with van der Waals surface area (Å²) in [5, 5.41) is 13.0. The quantitative estimate of drug-likeness (QED) is 0.445. The van der Waals surface area contributed by atoms with Crippen molar-refractivity contribution in [3.63, 3.8) is 0 Å². The number of benzene rings is 1. The standard InChI is InChI=1S/C20H19ClF3N3O3S/c1-4-12-11(3)31-17(14(12)10-25)27-19(20(22,23)24,18(29)30-5-2)26-16(28)13-8-6-7-9-15(13)21/h6-9,27H,4-5H2,1-3H3,(H,26,28)/t19-/m1/s1. The molecule has 0 aliphatic heterocycles. The Labute approximate surface area is 186 Å². The summed E-state index contributed by atoms with van der Waals surface area (Å²) in [5.74, 6) is -3.01. The van der Waals surface area contributed by atoms with Crippen molar-refractivity contribution in [1.29, 1.82) is 5.26 Å². The van der Waals surface area contributed by atoms with E-state index >= 15 is 0 Å². The van der Waals surface area contributed by atoms with Crippen LogP contribution in [0, 0.1) is 18.3 Å². The lowest BCUT2D eigenvalue weighted by Gasteiger charge is -2.35. The minimum atomic E-state index is -5.33. The van der Waals surface area contributed by atoms with Crippen LogP contribution >= 0.6 is 22.9 Å². The van der Waals surface area contributed by atoms with Gasteiger partial charge in [-0.2, -0.15) is 18.4 Å². The van der Waals surface area contributed by atoms with E-state index < -0.39 is 23.7 Å². The number of rotatable bonds is 7. The van der Waals surface area contributed by atoms with Crippen LogP contribution in [0.25, 0.3) is 0 Å². The van der Waals surface area contributed by atoms with Crippen molar-refractivity contribution >= 4 is 39.8 Å². The molecule has 6 nitrogen and oxygen atoms in total. The molecule has 31 heavy (non-hydrogen) atoms. The van der Waals surface area contributed by atoms with Crippen LogP contribution in [0.2, 0.25) is 5.02 Å². The maximum Gasteiger partial charge on any atom is 0.441 e. The highest BCUT2D eigenvalue weighted by Crippen LogP contribution is 2.39. The molecule has 1 amide bonds. The molecule has 0 saturated carbocycles. The molecule has 1 heterocycles. The number of esters is 1. The normalized spacial score (nSPS) is 13.1. The Bertz CT molecular complexity index is 1030. The number of ether oxygens (including phenoxy) is 1. The highest BCUT2D eigenvalue weighted by Gasteiger charge is 2.64. The van der Waals surface area contributed by atoms with Crippen LogP contribution in [0.5, 0.6) is 0 Å². The van der Waals surface area contributed by atoms with E-state index in [0.717, 1.165) is 11.3 Å². The van der Waals surface area contributed by atoms with Gasteiger partial charge in [0.1, 0.15) is 11.1 Å². The number of alkyl halides is 3. The molecule has 0 unspecified atom stereocenters. The molecule has 0 saturated heterocycles. The fourth-order valence-electron chi connectivity index (χ4n) is 2.89. The predicted molar refractivity (Wildman–Crippen MR) is 111 cm³/mol. The highest BCUT2D eigenvalue weighted by molar-refractivity contribution is 7.16. The van der Waals surface area contributed by atoms with Crippen molar-refractivity contribution in [3.05, 3.63) is 50.9 Å². The van der Waals surface area contributed by atoms with Gasteiger partial charge in [-0.15, -0.1) is 11.3 Å². The summed E-state index contributed by atoms with van der Waals surface area (Å²) in [5.41, 5.74) is -3.39. The third kappa shape index (κ3) is 4.78. The van der Waals surface area contributed by atoms with Crippen molar-refractivity contribution in [1.82, 2.24) is 5.32 Å². The Morgan fingerprint density at radius 2 is 1.90 bits per heavy atom. The zero-order valence-corrected chi connectivity index (χ0v) is 18.4. The van der Waals surface area contributed by atoms with Crippen molar-refractivity contribution in [3.8, 4) is 6.07 Å². The number of amides is 1. The molecular weight excluding hydrogens is 455 g/mol.